The SMILES string of the molecule is CC(C)C1(C)[CH]CCCC1. The molecule has 0 heteroatoms. The maximum atomic E-state index is 2.53. The second-order valence-electron chi connectivity index (χ2n) is 4.11. The Morgan fingerprint density at radius 1 is 1.30 bits per heavy atom. The fourth-order valence-corrected chi connectivity index (χ4v) is 1.71. The minimum absolute atomic E-state index is 0.554. The molecule has 0 spiro atoms. The van der Waals surface area contributed by atoms with E-state index in [4.69, 9.17) is 0 Å². The van der Waals surface area contributed by atoms with Crippen molar-refractivity contribution in [2.45, 2.75) is 46.5 Å². The predicted molar refractivity (Wildman–Crippen MR) is 45.7 cm³/mol. The predicted octanol–water partition coefficient (Wildman–Crippen LogP) is 3.43. The highest BCUT2D eigenvalue weighted by atomic mass is 14.3. The van der Waals surface area contributed by atoms with Crippen LogP contribution in [0, 0.1) is 17.8 Å². The summed E-state index contributed by atoms with van der Waals surface area (Å²) in [4.78, 5) is 0. The maximum Gasteiger partial charge on any atom is -0.0272 e. The summed E-state index contributed by atoms with van der Waals surface area (Å²) in [7, 11) is 0. The minimum atomic E-state index is 0.554. The molecule has 1 radical (unpaired) electrons. The lowest BCUT2D eigenvalue weighted by atomic mass is 9.69. The normalized spacial score (nSPS) is 25.2. The smallest absolute Gasteiger partial charge is 0.0272 e. The zero-order valence-electron chi connectivity index (χ0n) is 7.48. The average molecular weight is 139 g/mol. The zero-order chi connectivity index (χ0) is 7.61. The first kappa shape index (κ1) is 8.10. The van der Waals surface area contributed by atoms with Crippen molar-refractivity contribution in [1.82, 2.24) is 0 Å². The van der Waals surface area contributed by atoms with Crippen LogP contribution < -0.4 is 0 Å². The van der Waals surface area contributed by atoms with Gasteiger partial charge in [-0.1, -0.05) is 33.6 Å². The van der Waals surface area contributed by atoms with Crippen LogP contribution in [0.5, 0.6) is 0 Å². The molecule has 1 rings (SSSR count). The van der Waals surface area contributed by atoms with Gasteiger partial charge in [0.2, 0.25) is 0 Å². The van der Waals surface area contributed by atoms with Crippen LogP contribution in [0.2, 0.25) is 0 Å². The summed E-state index contributed by atoms with van der Waals surface area (Å²) in [5.41, 5.74) is 0.554. The summed E-state index contributed by atoms with van der Waals surface area (Å²) < 4.78 is 0. The first-order valence-electron chi connectivity index (χ1n) is 4.49. The summed E-state index contributed by atoms with van der Waals surface area (Å²) in [6.07, 6.45) is 8.13. The Bertz CT molecular complexity index is 96.6. The molecule has 1 aliphatic carbocycles. The Balaban J connectivity index is 2.48. The molecule has 1 unspecified atom stereocenters. The van der Waals surface area contributed by atoms with E-state index in [-0.39, 0.29) is 0 Å². The minimum Gasteiger partial charge on any atom is -0.0622 e. The fraction of sp³-hybridized carbons (Fsp3) is 0.900. The molecule has 0 saturated heterocycles. The summed E-state index contributed by atoms with van der Waals surface area (Å²) in [6, 6.07) is 0. The highest BCUT2D eigenvalue weighted by Crippen LogP contribution is 2.40. The van der Waals surface area contributed by atoms with Crippen LogP contribution in [-0.4, -0.2) is 0 Å². The lowest BCUT2D eigenvalue weighted by molar-refractivity contribution is 0.209. The zero-order valence-corrected chi connectivity index (χ0v) is 7.48. The van der Waals surface area contributed by atoms with Gasteiger partial charge < -0.3 is 0 Å². The molecule has 10 heavy (non-hydrogen) atoms. The van der Waals surface area contributed by atoms with Gasteiger partial charge >= 0.3 is 0 Å². The second kappa shape index (κ2) is 2.94. The molecular weight excluding hydrogens is 120 g/mol. The number of hydrogen-bond donors (Lipinski definition) is 0. The Labute approximate surface area is 65.0 Å². The molecular formula is C10H19. The van der Waals surface area contributed by atoms with Gasteiger partial charge in [0.15, 0.2) is 0 Å². The molecule has 1 aliphatic rings. The Morgan fingerprint density at radius 3 is 2.30 bits per heavy atom. The van der Waals surface area contributed by atoms with Crippen LogP contribution in [0.4, 0.5) is 0 Å². The van der Waals surface area contributed by atoms with Gasteiger partial charge in [0.05, 0.1) is 0 Å². The van der Waals surface area contributed by atoms with E-state index in [0.29, 0.717) is 5.41 Å². The van der Waals surface area contributed by atoms with Gasteiger partial charge in [0.1, 0.15) is 0 Å². The molecule has 0 aromatic heterocycles. The lowest BCUT2D eigenvalue weighted by Crippen LogP contribution is -2.26. The molecule has 0 nitrogen and oxygen atoms in total. The highest BCUT2D eigenvalue weighted by Gasteiger charge is 2.29. The molecule has 1 saturated carbocycles. The van der Waals surface area contributed by atoms with Gasteiger partial charge in [-0.2, -0.15) is 0 Å². The van der Waals surface area contributed by atoms with Crippen LogP contribution in [0.15, 0.2) is 0 Å². The van der Waals surface area contributed by atoms with E-state index in [9.17, 15) is 0 Å². The van der Waals surface area contributed by atoms with Crippen molar-refractivity contribution in [2.24, 2.45) is 11.3 Å². The third-order valence-corrected chi connectivity index (χ3v) is 3.10. The van der Waals surface area contributed by atoms with E-state index in [1.54, 1.807) is 0 Å². The third kappa shape index (κ3) is 1.53. The van der Waals surface area contributed by atoms with Crippen LogP contribution in [-0.2, 0) is 0 Å². The molecule has 0 heterocycles. The van der Waals surface area contributed by atoms with Gasteiger partial charge in [0.25, 0.3) is 0 Å². The van der Waals surface area contributed by atoms with Gasteiger partial charge in [0, 0.05) is 0 Å². The molecule has 0 N–H and O–H groups in total. The van der Waals surface area contributed by atoms with E-state index in [1.165, 1.54) is 25.7 Å². The van der Waals surface area contributed by atoms with E-state index in [1.807, 2.05) is 0 Å². The molecule has 0 bridgehead atoms. The van der Waals surface area contributed by atoms with Gasteiger partial charge in [-0.3, -0.25) is 0 Å². The van der Waals surface area contributed by atoms with Crippen LogP contribution >= 0.6 is 0 Å². The van der Waals surface area contributed by atoms with E-state index in [0.717, 1.165) is 5.92 Å². The summed E-state index contributed by atoms with van der Waals surface area (Å²) in [5.74, 6) is 0.827. The summed E-state index contributed by atoms with van der Waals surface area (Å²) in [5, 5.41) is 0. The first-order chi connectivity index (χ1) is 4.65. The Hall–Kier alpha value is 0. The van der Waals surface area contributed by atoms with Crippen molar-refractivity contribution >= 4 is 0 Å². The van der Waals surface area contributed by atoms with Gasteiger partial charge in [-0.25, -0.2) is 0 Å². The van der Waals surface area contributed by atoms with Crippen molar-refractivity contribution in [3.63, 3.8) is 0 Å². The summed E-state index contributed by atoms with van der Waals surface area (Å²) in [6.45, 7) is 7.07. The molecule has 0 aromatic carbocycles. The summed E-state index contributed by atoms with van der Waals surface area (Å²) >= 11 is 0. The lowest BCUT2D eigenvalue weighted by Gasteiger charge is -2.37. The monoisotopic (exact) mass is 139 g/mol. The van der Waals surface area contributed by atoms with Crippen LogP contribution in [0.3, 0.4) is 0 Å². The van der Waals surface area contributed by atoms with Crippen molar-refractivity contribution in [2.75, 3.05) is 0 Å². The number of hydrogen-bond acceptors (Lipinski definition) is 0. The van der Waals surface area contributed by atoms with Gasteiger partial charge in [-0.05, 0) is 30.6 Å². The van der Waals surface area contributed by atoms with E-state index < -0.39 is 0 Å². The van der Waals surface area contributed by atoms with Crippen molar-refractivity contribution in [3.8, 4) is 0 Å². The molecule has 1 atom stereocenters. The molecule has 59 valence electrons. The molecule has 1 fully saturated rings. The van der Waals surface area contributed by atoms with E-state index >= 15 is 0 Å². The molecule has 0 aliphatic heterocycles. The molecule has 0 aromatic rings. The fourth-order valence-electron chi connectivity index (χ4n) is 1.71. The quantitative estimate of drug-likeness (QED) is 0.522. The van der Waals surface area contributed by atoms with Crippen molar-refractivity contribution in [1.29, 1.82) is 0 Å². The second-order valence-corrected chi connectivity index (χ2v) is 4.11. The maximum absolute atomic E-state index is 2.53. The van der Waals surface area contributed by atoms with E-state index in [2.05, 4.69) is 27.2 Å². The number of rotatable bonds is 1. The topological polar surface area (TPSA) is 0 Å². The largest absolute Gasteiger partial charge is 0.0622 e. The standard InChI is InChI=1S/C10H19/c1-9(2)10(3)7-5-4-6-8-10/h7,9H,4-6,8H2,1-3H3. The Morgan fingerprint density at radius 2 is 2.00 bits per heavy atom. The third-order valence-electron chi connectivity index (χ3n) is 3.10. The Kier molecular flexibility index (Phi) is 2.38. The van der Waals surface area contributed by atoms with Gasteiger partial charge in [-0.15, -0.1) is 0 Å². The first-order valence-corrected chi connectivity index (χ1v) is 4.49. The van der Waals surface area contributed by atoms with Crippen LogP contribution in [0.1, 0.15) is 46.5 Å². The average Bonchev–Trinajstić information content (AvgIpc) is 1.89. The highest BCUT2D eigenvalue weighted by molar-refractivity contribution is 4.93. The van der Waals surface area contributed by atoms with Crippen molar-refractivity contribution in [3.05, 3.63) is 6.42 Å². The van der Waals surface area contributed by atoms with Crippen molar-refractivity contribution < 1.29 is 0 Å². The molecule has 0 amide bonds. The van der Waals surface area contributed by atoms with Crippen LogP contribution in [0.25, 0.3) is 0 Å².